The van der Waals surface area contributed by atoms with Gasteiger partial charge in [-0.2, -0.15) is 0 Å². The first-order valence-corrected chi connectivity index (χ1v) is 11.9. The molecule has 0 amide bonds. The van der Waals surface area contributed by atoms with Crippen molar-refractivity contribution >= 4 is 27.3 Å². The van der Waals surface area contributed by atoms with E-state index in [0.717, 1.165) is 11.3 Å². The second-order valence-corrected chi connectivity index (χ2v) is 9.64. The standard InChI is InChI=1S/C32H28N2/c1-19-15-22(4)31(23(5)16-19)28-18-34-29-14-13-24(30-20(2)9-8-10-21(30)3)17-27(29)25-11-6-7-12-26(25)32(34)33-28/h6-18H,1-5H3. The number of nitrogens with zero attached hydrogens (tertiary/aromatic N) is 2. The van der Waals surface area contributed by atoms with Gasteiger partial charge in [0.15, 0.2) is 0 Å². The van der Waals surface area contributed by atoms with E-state index in [1.807, 2.05) is 0 Å². The molecule has 0 spiro atoms. The zero-order valence-electron chi connectivity index (χ0n) is 20.4. The maximum atomic E-state index is 5.18. The first kappa shape index (κ1) is 20.7. The predicted octanol–water partition coefficient (Wildman–Crippen LogP) is 8.52. The summed E-state index contributed by atoms with van der Waals surface area (Å²) in [6, 6.07) is 26.6. The van der Waals surface area contributed by atoms with E-state index in [1.54, 1.807) is 0 Å². The fourth-order valence-corrected chi connectivity index (χ4v) is 5.76. The molecule has 2 nitrogen and oxygen atoms in total. The van der Waals surface area contributed by atoms with E-state index >= 15 is 0 Å². The number of benzene rings is 4. The Morgan fingerprint density at radius 2 is 1.26 bits per heavy atom. The van der Waals surface area contributed by atoms with E-state index in [-0.39, 0.29) is 0 Å². The highest BCUT2D eigenvalue weighted by molar-refractivity contribution is 6.13. The molecule has 0 aliphatic rings. The van der Waals surface area contributed by atoms with Gasteiger partial charge in [0.25, 0.3) is 0 Å². The average Bonchev–Trinajstić information content (AvgIpc) is 3.23. The van der Waals surface area contributed by atoms with Crippen LogP contribution in [-0.2, 0) is 0 Å². The lowest BCUT2D eigenvalue weighted by molar-refractivity contribution is 1.27. The SMILES string of the molecule is Cc1cc(C)c(-c2cn3c4ccc(-c5c(C)cccc5C)cc4c4ccccc4c3n2)c(C)c1. The van der Waals surface area contributed by atoms with Gasteiger partial charge in [-0.3, -0.25) is 4.40 Å². The van der Waals surface area contributed by atoms with Crippen LogP contribution in [0.5, 0.6) is 0 Å². The topological polar surface area (TPSA) is 17.3 Å². The van der Waals surface area contributed by atoms with Gasteiger partial charge in [0.1, 0.15) is 5.65 Å². The summed E-state index contributed by atoms with van der Waals surface area (Å²) in [5.74, 6) is 0. The van der Waals surface area contributed by atoms with Gasteiger partial charge in [0, 0.05) is 22.5 Å². The number of aromatic nitrogens is 2. The summed E-state index contributed by atoms with van der Waals surface area (Å²) in [7, 11) is 0. The van der Waals surface area contributed by atoms with Crippen molar-refractivity contribution in [1.29, 1.82) is 0 Å². The van der Waals surface area contributed by atoms with E-state index < -0.39 is 0 Å². The number of fused-ring (bicyclic) bond motifs is 6. The molecule has 2 heteroatoms. The van der Waals surface area contributed by atoms with Crippen molar-refractivity contribution in [2.45, 2.75) is 34.6 Å². The first-order valence-electron chi connectivity index (χ1n) is 11.9. The van der Waals surface area contributed by atoms with Gasteiger partial charge in [-0.15, -0.1) is 0 Å². The van der Waals surface area contributed by atoms with Crippen LogP contribution in [0.3, 0.4) is 0 Å². The van der Waals surface area contributed by atoms with Gasteiger partial charge in [-0.25, -0.2) is 4.98 Å². The van der Waals surface area contributed by atoms with Crippen molar-refractivity contribution in [2.75, 3.05) is 0 Å². The third-order valence-corrected chi connectivity index (χ3v) is 7.12. The molecule has 4 aromatic carbocycles. The minimum absolute atomic E-state index is 1.01. The summed E-state index contributed by atoms with van der Waals surface area (Å²) in [6.07, 6.45) is 2.22. The molecule has 0 fully saturated rings. The van der Waals surface area contributed by atoms with Crippen molar-refractivity contribution in [3.05, 3.63) is 107 Å². The molecular weight excluding hydrogens is 412 g/mol. The van der Waals surface area contributed by atoms with Gasteiger partial charge < -0.3 is 0 Å². The van der Waals surface area contributed by atoms with Crippen molar-refractivity contribution < 1.29 is 0 Å². The summed E-state index contributed by atoms with van der Waals surface area (Å²) < 4.78 is 2.28. The molecule has 0 unspecified atom stereocenters. The minimum atomic E-state index is 1.01. The number of pyridine rings is 1. The van der Waals surface area contributed by atoms with Gasteiger partial charge in [0.2, 0.25) is 0 Å². The van der Waals surface area contributed by atoms with Crippen LogP contribution in [0.1, 0.15) is 27.8 Å². The molecule has 6 rings (SSSR count). The van der Waals surface area contributed by atoms with E-state index in [4.69, 9.17) is 4.98 Å². The van der Waals surface area contributed by atoms with Gasteiger partial charge in [0.05, 0.1) is 11.2 Å². The molecule has 0 atom stereocenters. The Labute approximate surface area is 200 Å². The summed E-state index contributed by atoms with van der Waals surface area (Å²) in [4.78, 5) is 5.18. The molecule has 166 valence electrons. The van der Waals surface area contributed by atoms with E-state index in [0.29, 0.717) is 0 Å². The summed E-state index contributed by atoms with van der Waals surface area (Å²) in [5.41, 5.74) is 13.5. The van der Waals surface area contributed by atoms with Gasteiger partial charge in [-0.05, 0) is 85.5 Å². The fourth-order valence-electron chi connectivity index (χ4n) is 5.76. The summed E-state index contributed by atoms with van der Waals surface area (Å²) in [5, 5.41) is 3.68. The summed E-state index contributed by atoms with van der Waals surface area (Å²) in [6.45, 7) is 10.9. The quantitative estimate of drug-likeness (QED) is 0.247. The molecule has 34 heavy (non-hydrogen) atoms. The molecule has 0 N–H and O–H groups in total. The maximum Gasteiger partial charge on any atom is 0.145 e. The Bertz CT molecular complexity index is 1710. The van der Waals surface area contributed by atoms with E-state index in [1.165, 1.54) is 66.2 Å². The van der Waals surface area contributed by atoms with Gasteiger partial charge in [-0.1, -0.05) is 66.2 Å². The molecule has 2 heterocycles. The lowest BCUT2D eigenvalue weighted by atomic mass is 9.94. The molecule has 2 aromatic heterocycles. The first-order chi connectivity index (χ1) is 16.4. The highest BCUT2D eigenvalue weighted by atomic mass is 15.0. The molecule has 0 saturated heterocycles. The highest BCUT2D eigenvalue weighted by Gasteiger charge is 2.16. The third-order valence-electron chi connectivity index (χ3n) is 7.12. The number of aryl methyl sites for hydroxylation is 5. The van der Waals surface area contributed by atoms with Crippen LogP contribution >= 0.6 is 0 Å². The second-order valence-electron chi connectivity index (χ2n) is 9.64. The molecule has 0 aliphatic carbocycles. The molecule has 6 aromatic rings. The minimum Gasteiger partial charge on any atom is -0.298 e. The normalized spacial score (nSPS) is 11.7. The number of hydrogen-bond acceptors (Lipinski definition) is 1. The van der Waals surface area contributed by atoms with Crippen LogP contribution in [0.25, 0.3) is 49.7 Å². The Morgan fingerprint density at radius 1 is 0.588 bits per heavy atom. The summed E-state index contributed by atoms with van der Waals surface area (Å²) >= 11 is 0. The van der Waals surface area contributed by atoms with Crippen molar-refractivity contribution in [1.82, 2.24) is 9.38 Å². The van der Waals surface area contributed by atoms with E-state index in [9.17, 15) is 0 Å². The van der Waals surface area contributed by atoms with Crippen LogP contribution in [-0.4, -0.2) is 9.38 Å². The zero-order valence-corrected chi connectivity index (χ0v) is 20.4. The largest absolute Gasteiger partial charge is 0.298 e. The fraction of sp³-hybridized carbons (Fsp3) is 0.156. The number of hydrogen-bond donors (Lipinski definition) is 0. The molecule has 0 bridgehead atoms. The van der Waals surface area contributed by atoms with Crippen molar-refractivity contribution in [2.24, 2.45) is 0 Å². The van der Waals surface area contributed by atoms with Crippen molar-refractivity contribution in [3.8, 4) is 22.4 Å². The lowest BCUT2D eigenvalue weighted by Crippen LogP contribution is -1.92. The van der Waals surface area contributed by atoms with E-state index in [2.05, 4.69) is 118 Å². The molecule has 0 saturated carbocycles. The maximum absolute atomic E-state index is 5.18. The Balaban J connectivity index is 1.70. The van der Waals surface area contributed by atoms with Gasteiger partial charge >= 0.3 is 0 Å². The van der Waals surface area contributed by atoms with Crippen LogP contribution in [0.15, 0.2) is 79.0 Å². The smallest absolute Gasteiger partial charge is 0.145 e. The predicted molar refractivity (Wildman–Crippen MR) is 145 cm³/mol. The number of rotatable bonds is 2. The monoisotopic (exact) mass is 440 g/mol. The van der Waals surface area contributed by atoms with Crippen LogP contribution in [0.4, 0.5) is 0 Å². The highest BCUT2D eigenvalue weighted by Crippen LogP contribution is 2.36. The van der Waals surface area contributed by atoms with Crippen LogP contribution < -0.4 is 0 Å². The van der Waals surface area contributed by atoms with Crippen LogP contribution in [0.2, 0.25) is 0 Å². The second kappa shape index (κ2) is 7.56. The molecule has 0 aliphatic heterocycles. The third kappa shape index (κ3) is 3.06. The Hall–Kier alpha value is -3.91. The Morgan fingerprint density at radius 3 is 1.97 bits per heavy atom. The lowest BCUT2D eigenvalue weighted by Gasteiger charge is -2.13. The van der Waals surface area contributed by atoms with Crippen LogP contribution in [0, 0.1) is 34.6 Å². The average molecular weight is 441 g/mol. The number of imidazole rings is 1. The molecule has 0 radical (unpaired) electrons. The van der Waals surface area contributed by atoms with Crippen molar-refractivity contribution in [3.63, 3.8) is 0 Å². The Kier molecular flexibility index (Phi) is 4.60. The zero-order chi connectivity index (χ0) is 23.6. The molecular formula is C32H28N2.